The lowest BCUT2D eigenvalue weighted by molar-refractivity contribution is 0.0835. The SMILES string of the molecule is c1ccc(-c2ccnc(NCc3noc([C@@H]4CCCO4)n3)n2)nc1. The van der Waals surface area contributed by atoms with Crippen LogP contribution in [0.15, 0.2) is 41.2 Å². The van der Waals surface area contributed by atoms with E-state index in [0.29, 0.717) is 24.2 Å². The van der Waals surface area contributed by atoms with Crippen molar-refractivity contribution >= 4 is 5.95 Å². The van der Waals surface area contributed by atoms with Crippen LogP contribution in [0.1, 0.15) is 30.7 Å². The Morgan fingerprint density at radius 2 is 2.08 bits per heavy atom. The third kappa shape index (κ3) is 3.23. The predicted molar refractivity (Wildman–Crippen MR) is 84.8 cm³/mol. The molecule has 0 aromatic carbocycles. The Labute approximate surface area is 138 Å². The molecule has 1 aliphatic rings. The molecule has 1 saturated heterocycles. The molecule has 1 N–H and O–H groups in total. The standard InChI is InChI=1S/C16H16N6O2/c1-2-7-17-11(4-1)12-6-8-18-16(20-12)19-10-14-21-15(24-22-14)13-5-3-9-23-13/h1-2,4,6-8,13H,3,5,9-10H2,(H,18,19,20)/t13-/m0/s1. The Hall–Kier alpha value is -2.87. The lowest BCUT2D eigenvalue weighted by atomic mass is 10.2. The van der Waals surface area contributed by atoms with Crippen molar-refractivity contribution in [2.24, 2.45) is 0 Å². The molecule has 0 aliphatic carbocycles. The van der Waals surface area contributed by atoms with Crippen molar-refractivity contribution < 1.29 is 9.26 Å². The van der Waals surface area contributed by atoms with Crippen LogP contribution in [0.25, 0.3) is 11.4 Å². The van der Waals surface area contributed by atoms with E-state index in [9.17, 15) is 0 Å². The van der Waals surface area contributed by atoms with Gasteiger partial charge in [-0.1, -0.05) is 11.2 Å². The van der Waals surface area contributed by atoms with Crippen molar-refractivity contribution in [2.45, 2.75) is 25.5 Å². The van der Waals surface area contributed by atoms with Crippen LogP contribution in [-0.4, -0.2) is 31.7 Å². The van der Waals surface area contributed by atoms with Gasteiger partial charge in [0.05, 0.1) is 17.9 Å². The summed E-state index contributed by atoms with van der Waals surface area (Å²) >= 11 is 0. The van der Waals surface area contributed by atoms with E-state index in [0.717, 1.165) is 30.8 Å². The number of rotatable bonds is 5. The normalized spacial score (nSPS) is 17.1. The number of anilines is 1. The van der Waals surface area contributed by atoms with Crippen LogP contribution in [-0.2, 0) is 11.3 Å². The molecule has 4 rings (SSSR count). The molecule has 0 amide bonds. The van der Waals surface area contributed by atoms with Crippen LogP contribution in [0.5, 0.6) is 0 Å². The highest BCUT2D eigenvalue weighted by molar-refractivity contribution is 5.54. The molecule has 0 bridgehead atoms. The first-order valence-corrected chi connectivity index (χ1v) is 7.81. The molecule has 0 radical (unpaired) electrons. The minimum atomic E-state index is -0.0741. The first-order chi connectivity index (χ1) is 11.9. The molecule has 1 aliphatic heterocycles. The summed E-state index contributed by atoms with van der Waals surface area (Å²) in [4.78, 5) is 17.3. The highest BCUT2D eigenvalue weighted by Gasteiger charge is 2.23. The maximum atomic E-state index is 5.53. The second kappa shape index (κ2) is 6.71. The van der Waals surface area contributed by atoms with Crippen molar-refractivity contribution in [1.29, 1.82) is 0 Å². The lowest BCUT2D eigenvalue weighted by Crippen LogP contribution is -2.06. The summed E-state index contributed by atoms with van der Waals surface area (Å²) in [5.41, 5.74) is 1.55. The van der Waals surface area contributed by atoms with Crippen molar-refractivity contribution in [3.63, 3.8) is 0 Å². The largest absolute Gasteiger partial charge is 0.368 e. The molecule has 4 heterocycles. The molecule has 0 spiro atoms. The average molecular weight is 324 g/mol. The van der Waals surface area contributed by atoms with Crippen molar-refractivity contribution in [2.75, 3.05) is 11.9 Å². The fourth-order valence-corrected chi connectivity index (χ4v) is 2.50. The number of hydrogen-bond acceptors (Lipinski definition) is 8. The van der Waals surface area contributed by atoms with Gasteiger partial charge in [0.2, 0.25) is 5.95 Å². The van der Waals surface area contributed by atoms with Gasteiger partial charge in [0.25, 0.3) is 5.89 Å². The average Bonchev–Trinajstić information content (AvgIpc) is 3.32. The smallest absolute Gasteiger partial charge is 0.255 e. The van der Waals surface area contributed by atoms with E-state index in [1.807, 2.05) is 24.3 Å². The molecule has 3 aromatic heterocycles. The Kier molecular flexibility index (Phi) is 4.11. The topological polar surface area (TPSA) is 98.9 Å². The molecule has 1 fully saturated rings. The minimum absolute atomic E-state index is 0.0741. The summed E-state index contributed by atoms with van der Waals surface area (Å²) < 4.78 is 10.8. The number of ether oxygens (including phenoxy) is 1. The first kappa shape index (κ1) is 14.7. The van der Waals surface area contributed by atoms with Gasteiger partial charge in [0, 0.05) is 19.0 Å². The molecule has 3 aromatic rings. The molecule has 8 nitrogen and oxygen atoms in total. The van der Waals surface area contributed by atoms with Gasteiger partial charge in [-0.3, -0.25) is 4.98 Å². The molecule has 0 saturated carbocycles. The van der Waals surface area contributed by atoms with Gasteiger partial charge in [-0.05, 0) is 31.0 Å². The predicted octanol–water partition coefficient (Wildman–Crippen LogP) is 2.39. The van der Waals surface area contributed by atoms with E-state index in [-0.39, 0.29) is 6.10 Å². The summed E-state index contributed by atoms with van der Waals surface area (Å²) in [6.45, 7) is 1.12. The van der Waals surface area contributed by atoms with E-state index in [2.05, 4.69) is 30.4 Å². The van der Waals surface area contributed by atoms with Gasteiger partial charge >= 0.3 is 0 Å². The quantitative estimate of drug-likeness (QED) is 0.763. The van der Waals surface area contributed by atoms with Crippen LogP contribution in [0.2, 0.25) is 0 Å². The van der Waals surface area contributed by atoms with Gasteiger partial charge in [-0.2, -0.15) is 4.98 Å². The zero-order chi connectivity index (χ0) is 16.2. The molecular formula is C16H16N6O2. The van der Waals surface area contributed by atoms with Crippen LogP contribution < -0.4 is 5.32 Å². The van der Waals surface area contributed by atoms with Gasteiger partial charge in [0.1, 0.15) is 6.10 Å². The Morgan fingerprint density at radius 1 is 1.08 bits per heavy atom. The highest BCUT2D eigenvalue weighted by Crippen LogP contribution is 2.26. The highest BCUT2D eigenvalue weighted by atomic mass is 16.5. The summed E-state index contributed by atoms with van der Waals surface area (Å²) in [5, 5.41) is 7.06. The second-order valence-electron chi connectivity index (χ2n) is 5.38. The Bertz CT molecular complexity index is 801. The molecular weight excluding hydrogens is 308 g/mol. The number of hydrogen-bond donors (Lipinski definition) is 1. The van der Waals surface area contributed by atoms with Crippen LogP contribution in [0.4, 0.5) is 5.95 Å². The number of pyridine rings is 1. The summed E-state index contributed by atoms with van der Waals surface area (Å²) in [6, 6.07) is 7.51. The van der Waals surface area contributed by atoms with Gasteiger partial charge in [-0.15, -0.1) is 0 Å². The fourth-order valence-electron chi connectivity index (χ4n) is 2.50. The zero-order valence-electron chi connectivity index (χ0n) is 12.9. The number of nitrogens with zero attached hydrogens (tertiary/aromatic N) is 5. The summed E-state index contributed by atoms with van der Waals surface area (Å²) in [6.07, 6.45) is 5.29. The maximum absolute atomic E-state index is 5.53. The maximum Gasteiger partial charge on any atom is 0.255 e. The minimum Gasteiger partial charge on any atom is -0.368 e. The van der Waals surface area contributed by atoms with Crippen LogP contribution in [0.3, 0.4) is 0 Å². The van der Waals surface area contributed by atoms with E-state index in [1.165, 1.54) is 0 Å². The third-order valence-electron chi connectivity index (χ3n) is 3.68. The lowest BCUT2D eigenvalue weighted by Gasteiger charge is -2.04. The van der Waals surface area contributed by atoms with Gasteiger partial charge in [0.15, 0.2) is 5.82 Å². The molecule has 122 valence electrons. The van der Waals surface area contributed by atoms with Gasteiger partial charge < -0.3 is 14.6 Å². The van der Waals surface area contributed by atoms with Crippen molar-refractivity contribution in [3.05, 3.63) is 48.4 Å². The summed E-state index contributed by atoms with van der Waals surface area (Å²) in [5.74, 6) is 1.57. The first-order valence-electron chi connectivity index (χ1n) is 7.81. The number of nitrogens with one attached hydrogen (secondary N) is 1. The van der Waals surface area contributed by atoms with Crippen molar-refractivity contribution in [1.82, 2.24) is 25.1 Å². The molecule has 0 unspecified atom stereocenters. The van der Waals surface area contributed by atoms with Crippen LogP contribution in [0, 0.1) is 0 Å². The third-order valence-corrected chi connectivity index (χ3v) is 3.68. The molecule has 24 heavy (non-hydrogen) atoms. The van der Waals surface area contributed by atoms with E-state index in [1.54, 1.807) is 12.4 Å². The fraction of sp³-hybridized carbons (Fsp3) is 0.312. The van der Waals surface area contributed by atoms with E-state index in [4.69, 9.17) is 9.26 Å². The molecule has 1 atom stereocenters. The van der Waals surface area contributed by atoms with Crippen LogP contribution >= 0.6 is 0 Å². The zero-order valence-corrected chi connectivity index (χ0v) is 12.9. The monoisotopic (exact) mass is 324 g/mol. The van der Waals surface area contributed by atoms with E-state index >= 15 is 0 Å². The Morgan fingerprint density at radius 3 is 2.92 bits per heavy atom. The van der Waals surface area contributed by atoms with Crippen molar-refractivity contribution in [3.8, 4) is 11.4 Å². The molecule has 8 heteroatoms. The second-order valence-corrected chi connectivity index (χ2v) is 5.38. The van der Waals surface area contributed by atoms with Gasteiger partial charge in [-0.25, -0.2) is 9.97 Å². The number of aromatic nitrogens is 5. The Balaban J connectivity index is 1.43. The van der Waals surface area contributed by atoms with E-state index < -0.39 is 0 Å². The summed E-state index contributed by atoms with van der Waals surface area (Å²) in [7, 11) is 0.